The number of benzene rings is 2. The maximum Gasteiger partial charge on any atom is 0.0912 e. The quantitative estimate of drug-likeness (QED) is 0.910. The summed E-state index contributed by atoms with van der Waals surface area (Å²) in [7, 11) is 0. The van der Waals surface area contributed by atoms with Gasteiger partial charge in [-0.15, -0.1) is 0 Å². The number of aliphatic carboxylic acids is 1. The molecule has 2 rings (SSSR count). The molecule has 3 heteroatoms. The van der Waals surface area contributed by atoms with Crippen molar-refractivity contribution >= 4 is 11.7 Å². The molecule has 1 N–H and O–H groups in total. The highest BCUT2D eigenvalue weighted by atomic mass is 16.4. The average Bonchev–Trinajstić information content (AvgIpc) is 2.40. The van der Waals surface area contributed by atoms with Crippen molar-refractivity contribution in [2.45, 2.75) is 19.9 Å². The summed E-state index contributed by atoms with van der Waals surface area (Å²) in [6.07, 6.45) is 0. The van der Waals surface area contributed by atoms with E-state index in [2.05, 4.69) is 5.32 Å². The van der Waals surface area contributed by atoms with Gasteiger partial charge in [0, 0.05) is 5.69 Å². The lowest BCUT2D eigenvalue weighted by molar-refractivity contribution is -0.307. The molecule has 0 aliphatic rings. The van der Waals surface area contributed by atoms with Crippen LogP contribution in [-0.4, -0.2) is 5.97 Å². The average molecular weight is 254 g/mol. The van der Waals surface area contributed by atoms with E-state index in [1.165, 1.54) is 5.56 Å². The summed E-state index contributed by atoms with van der Waals surface area (Å²) in [4.78, 5) is 11.3. The number of anilines is 1. The Morgan fingerprint density at radius 1 is 1.05 bits per heavy atom. The molecule has 0 spiro atoms. The third-order valence-corrected chi connectivity index (χ3v) is 3.19. The first-order chi connectivity index (χ1) is 9.08. The van der Waals surface area contributed by atoms with Crippen LogP contribution in [0.5, 0.6) is 0 Å². The Balaban J connectivity index is 2.27. The van der Waals surface area contributed by atoms with Crippen molar-refractivity contribution in [2.24, 2.45) is 0 Å². The SMILES string of the molecule is Cc1ccc(N[C@@H](C(=O)[O-])c2ccccc2)cc1C. The highest BCUT2D eigenvalue weighted by Gasteiger charge is 2.12. The van der Waals surface area contributed by atoms with Gasteiger partial charge in [0.15, 0.2) is 0 Å². The molecule has 0 fully saturated rings. The van der Waals surface area contributed by atoms with Crippen molar-refractivity contribution in [3.05, 3.63) is 65.2 Å². The molecule has 1 atom stereocenters. The Hall–Kier alpha value is -2.29. The summed E-state index contributed by atoms with van der Waals surface area (Å²) >= 11 is 0. The minimum atomic E-state index is -1.13. The van der Waals surface area contributed by atoms with Crippen molar-refractivity contribution in [1.29, 1.82) is 0 Å². The molecule has 0 saturated carbocycles. The first-order valence-electron chi connectivity index (χ1n) is 6.17. The van der Waals surface area contributed by atoms with Crippen LogP contribution in [0, 0.1) is 13.8 Å². The standard InChI is InChI=1S/C16H17NO2/c1-11-8-9-14(10-12(11)2)17-15(16(18)19)13-6-4-3-5-7-13/h3-10,15,17H,1-2H3,(H,18,19)/p-1/t15-/m1/s1. The third kappa shape index (κ3) is 3.13. The first-order valence-corrected chi connectivity index (χ1v) is 6.17. The fourth-order valence-corrected chi connectivity index (χ4v) is 1.92. The van der Waals surface area contributed by atoms with Crippen LogP contribution >= 0.6 is 0 Å². The van der Waals surface area contributed by atoms with Gasteiger partial charge in [-0.1, -0.05) is 36.4 Å². The van der Waals surface area contributed by atoms with Crippen molar-refractivity contribution in [2.75, 3.05) is 5.32 Å². The van der Waals surface area contributed by atoms with E-state index >= 15 is 0 Å². The molecule has 3 nitrogen and oxygen atoms in total. The van der Waals surface area contributed by atoms with Gasteiger partial charge in [-0.3, -0.25) is 0 Å². The number of hydrogen-bond acceptors (Lipinski definition) is 3. The van der Waals surface area contributed by atoms with E-state index in [0.717, 1.165) is 11.3 Å². The summed E-state index contributed by atoms with van der Waals surface area (Å²) in [5.74, 6) is -1.13. The number of carboxylic acid groups (broad SMARTS) is 1. The van der Waals surface area contributed by atoms with Crippen LogP contribution in [0.1, 0.15) is 22.7 Å². The lowest BCUT2D eigenvalue weighted by Gasteiger charge is -2.21. The Morgan fingerprint density at radius 2 is 1.74 bits per heavy atom. The van der Waals surface area contributed by atoms with Crippen molar-refractivity contribution in [3.63, 3.8) is 0 Å². The van der Waals surface area contributed by atoms with E-state index in [1.54, 1.807) is 12.1 Å². The fourth-order valence-electron chi connectivity index (χ4n) is 1.92. The normalized spacial score (nSPS) is 11.9. The highest BCUT2D eigenvalue weighted by molar-refractivity contribution is 5.77. The molecule has 0 aromatic heterocycles. The number of carboxylic acids is 1. The van der Waals surface area contributed by atoms with Crippen molar-refractivity contribution < 1.29 is 9.90 Å². The number of carbonyl (C=O) groups excluding carboxylic acids is 1. The summed E-state index contributed by atoms with van der Waals surface area (Å²) in [6.45, 7) is 4.02. The summed E-state index contributed by atoms with van der Waals surface area (Å²) in [5.41, 5.74) is 3.76. The Bertz CT molecular complexity index is 579. The van der Waals surface area contributed by atoms with Gasteiger partial charge < -0.3 is 15.2 Å². The molecule has 98 valence electrons. The predicted molar refractivity (Wildman–Crippen MR) is 73.7 cm³/mol. The molecule has 0 amide bonds. The molecular formula is C16H16NO2-. The van der Waals surface area contributed by atoms with Gasteiger partial charge in [-0.2, -0.15) is 0 Å². The topological polar surface area (TPSA) is 52.2 Å². The van der Waals surface area contributed by atoms with Crippen LogP contribution < -0.4 is 10.4 Å². The summed E-state index contributed by atoms with van der Waals surface area (Å²) in [6, 6.07) is 14.0. The Labute approximate surface area is 112 Å². The smallest absolute Gasteiger partial charge is 0.0912 e. The zero-order valence-corrected chi connectivity index (χ0v) is 11.0. The van der Waals surface area contributed by atoms with E-state index in [0.29, 0.717) is 5.56 Å². The molecule has 0 aliphatic carbocycles. The third-order valence-electron chi connectivity index (χ3n) is 3.19. The zero-order valence-electron chi connectivity index (χ0n) is 11.0. The second-order valence-electron chi connectivity index (χ2n) is 4.61. The Morgan fingerprint density at radius 3 is 2.32 bits per heavy atom. The van der Waals surface area contributed by atoms with E-state index in [9.17, 15) is 9.90 Å². The predicted octanol–water partition coefficient (Wildman–Crippen LogP) is 2.21. The second kappa shape index (κ2) is 5.57. The van der Waals surface area contributed by atoms with E-state index in [-0.39, 0.29) is 0 Å². The largest absolute Gasteiger partial charge is 0.548 e. The van der Waals surface area contributed by atoms with Crippen LogP contribution in [0.3, 0.4) is 0 Å². The second-order valence-corrected chi connectivity index (χ2v) is 4.61. The monoisotopic (exact) mass is 254 g/mol. The molecule has 0 saturated heterocycles. The molecule has 0 heterocycles. The van der Waals surface area contributed by atoms with E-state index < -0.39 is 12.0 Å². The van der Waals surface area contributed by atoms with Crippen molar-refractivity contribution in [3.8, 4) is 0 Å². The maximum atomic E-state index is 11.3. The lowest BCUT2D eigenvalue weighted by atomic mass is 10.1. The van der Waals surface area contributed by atoms with Gasteiger partial charge in [0.25, 0.3) is 0 Å². The number of carbonyl (C=O) groups is 1. The van der Waals surface area contributed by atoms with Crippen LogP contribution in [-0.2, 0) is 4.79 Å². The minimum Gasteiger partial charge on any atom is -0.548 e. The first kappa shape index (κ1) is 13.1. The number of rotatable bonds is 4. The van der Waals surface area contributed by atoms with Crippen molar-refractivity contribution in [1.82, 2.24) is 0 Å². The molecule has 2 aromatic carbocycles. The Kier molecular flexibility index (Phi) is 3.85. The van der Waals surface area contributed by atoms with Gasteiger partial charge in [0.05, 0.1) is 12.0 Å². The van der Waals surface area contributed by atoms with Gasteiger partial charge in [0.1, 0.15) is 0 Å². The maximum absolute atomic E-state index is 11.3. The van der Waals surface area contributed by atoms with E-state index in [4.69, 9.17) is 0 Å². The molecule has 0 unspecified atom stereocenters. The molecule has 0 aliphatic heterocycles. The summed E-state index contributed by atoms with van der Waals surface area (Å²) < 4.78 is 0. The van der Waals surface area contributed by atoms with Crippen LogP contribution in [0.15, 0.2) is 48.5 Å². The minimum absolute atomic E-state index is 0.681. The van der Waals surface area contributed by atoms with Crippen LogP contribution in [0.4, 0.5) is 5.69 Å². The number of nitrogens with one attached hydrogen (secondary N) is 1. The zero-order chi connectivity index (χ0) is 13.8. The van der Waals surface area contributed by atoms with E-state index in [1.807, 2.05) is 50.2 Å². The van der Waals surface area contributed by atoms with Gasteiger partial charge in [0.2, 0.25) is 0 Å². The molecule has 19 heavy (non-hydrogen) atoms. The lowest BCUT2D eigenvalue weighted by Crippen LogP contribution is -2.34. The van der Waals surface area contributed by atoms with Gasteiger partial charge in [-0.25, -0.2) is 0 Å². The molecular weight excluding hydrogens is 238 g/mol. The number of aryl methyl sites for hydroxylation is 2. The summed E-state index contributed by atoms with van der Waals surface area (Å²) in [5, 5.41) is 14.3. The molecule has 0 bridgehead atoms. The molecule has 0 radical (unpaired) electrons. The number of hydrogen-bond donors (Lipinski definition) is 1. The van der Waals surface area contributed by atoms with Crippen LogP contribution in [0.2, 0.25) is 0 Å². The van der Waals surface area contributed by atoms with Crippen LogP contribution in [0.25, 0.3) is 0 Å². The van der Waals surface area contributed by atoms with Gasteiger partial charge >= 0.3 is 0 Å². The molecule has 2 aromatic rings. The highest BCUT2D eigenvalue weighted by Crippen LogP contribution is 2.21. The fraction of sp³-hybridized carbons (Fsp3) is 0.188. The van der Waals surface area contributed by atoms with Gasteiger partial charge in [-0.05, 0) is 42.7 Å².